The number of carbonyl (C=O) groups is 1. The molecule has 7 heteroatoms. The van der Waals surface area contributed by atoms with Gasteiger partial charge < -0.3 is 18.9 Å². The molecule has 7 nitrogen and oxygen atoms in total. The van der Waals surface area contributed by atoms with Crippen molar-refractivity contribution in [2.75, 3.05) is 44.4 Å². The van der Waals surface area contributed by atoms with Crippen molar-refractivity contribution in [3.05, 3.63) is 48.0 Å². The molecule has 0 bridgehead atoms. The molecule has 1 aromatic heterocycles. The summed E-state index contributed by atoms with van der Waals surface area (Å²) in [5.74, 6) is 1.00. The number of amides is 1. The van der Waals surface area contributed by atoms with Crippen molar-refractivity contribution in [3.63, 3.8) is 0 Å². The number of hydrogen-bond donors (Lipinski definition) is 0. The van der Waals surface area contributed by atoms with E-state index < -0.39 is 5.60 Å². The van der Waals surface area contributed by atoms with Gasteiger partial charge in [-0.25, -0.2) is 4.98 Å². The molecule has 1 amide bonds. The number of aryl methyl sites for hydroxylation is 2. The Morgan fingerprint density at radius 3 is 2.89 bits per heavy atom. The van der Waals surface area contributed by atoms with Gasteiger partial charge >= 0.3 is 0 Å². The Kier molecular flexibility index (Phi) is 4.99. The summed E-state index contributed by atoms with van der Waals surface area (Å²) in [6.07, 6.45) is 3.77. The number of morpholine rings is 1. The van der Waals surface area contributed by atoms with Crippen LogP contribution in [0.2, 0.25) is 0 Å². The molecule has 3 heterocycles. The van der Waals surface area contributed by atoms with Crippen LogP contribution in [0.15, 0.2) is 36.7 Å². The van der Waals surface area contributed by atoms with Crippen molar-refractivity contribution in [2.45, 2.75) is 19.1 Å². The van der Waals surface area contributed by atoms with Gasteiger partial charge in [0.05, 0.1) is 26.3 Å². The number of nitrogens with zero attached hydrogens (tertiary/aromatic N) is 4. The van der Waals surface area contributed by atoms with Crippen LogP contribution >= 0.6 is 0 Å². The molecule has 0 radical (unpaired) electrons. The van der Waals surface area contributed by atoms with Gasteiger partial charge in [0, 0.05) is 38.2 Å². The number of benzene rings is 1. The highest BCUT2D eigenvalue weighted by Gasteiger charge is 2.43. The quantitative estimate of drug-likeness (QED) is 0.817. The lowest BCUT2D eigenvalue weighted by atomic mass is 10.00. The average molecular weight is 370 g/mol. The fourth-order valence-corrected chi connectivity index (χ4v) is 3.85. The van der Waals surface area contributed by atoms with Crippen LogP contribution in [-0.2, 0) is 27.9 Å². The van der Waals surface area contributed by atoms with E-state index in [1.165, 1.54) is 0 Å². The van der Waals surface area contributed by atoms with Crippen molar-refractivity contribution in [1.29, 1.82) is 0 Å². The van der Waals surface area contributed by atoms with Crippen LogP contribution in [0.5, 0.6) is 0 Å². The lowest BCUT2D eigenvalue weighted by molar-refractivity contribution is -0.146. The topological polar surface area (TPSA) is 59.8 Å². The van der Waals surface area contributed by atoms with E-state index in [9.17, 15) is 4.79 Å². The minimum atomic E-state index is -0.530. The molecular weight excluding hydrogens is 344 g/mol. The first-order valence-corrected chi connectivity index (χ1v) is 9.33. The smallest absolute Gasteiger partial charge is 0.253 e. The highest BCUT2D eigenvalue weighted by Crippen LogP contribution is 2.29. The van der Waals surface area contributed by atoms with E-state index in [4.69, 9.17) is 9.47 Å². The third-order valence-electron chi connectivity index (χ3n) is 5.37. The zero-order valence-corrected chi connectivity index (χ0v) is 15.9. The van der Waals surface area contributed by atoms with Gasteiger partial charge in [-0.05, 0) is 18.6 Å². The molecule has 2 saturated heterocycles. The van der Waals surface area contributed by atoms with Gasteiger partial charge in [0.25, 0.3) is 5.91 Å². The molecule has 144 valence electrons. The zero-order chi connectivity index (χ0) is 18.9. The Labute approximate surface area is 159 Å². The largest absolute Gasteiger partial charge is 0.377 e. The molecule has 0 N–H and O–H groups in total. The molecule has 4 rings (SSSR count). The second-order valence-electron chi connectivity index (χ2n) is 7.46. The summed E-state index contributed by atoms with van der Waals surface area (Å²) in [5.41, 5.74) is 1.50. The monoisotopic (exact) mass is 370 g/mol. The molecule has 27 heavy (non-hydrogen) atoms. The zero-order valence-electron chi connectivity index (χ0n) is 15.9. The summed E-state index contributed by atoms with van der Waals surface area (Å²) < 4.78 is 14.0. The van der Waals surface area contributed by atoms with Crippen molar-refractivity contribution < 1.29 is 14.3 Å². The number of para-hydroxylation sites is 1. The lowest BCUT2D eigenvalue weighted by Gasteiger charge is -2.43. The third-order valence-corrected chi connectivity index (χ3v) is 5.37. The molecule has 2 aliphatic rings. The first-order chi connectivity index (χ1) is 13.1. The Morgan fingerprint density at radius 1 is 1.26 bits per heavy atom. The first-order valence-electron chi connectivity index (χ1n) is 9.33. The van der Waals surface area contributed by atoms with Gasteiger partial charge in [-0.2, -0.15) is 0 Å². The maximum atomic E-state index is 12.6. The third kappa shape index (κ3) is 3.76. The standard InChI is InChI=1S/C20H26N4O3/c1-16-5-3-4-6-17(16)24-14-20(27-12-19(24)25)13-23(9-10-26-15-20)11-18-21-7-8-22(18)2/h3-8H,9-15H2,1-2H3/t20-/m1/s1. The molecular formula is C20H26N4O3. The van der Waals surface area contributed by atoms with Crippen LogP contribution in [0.1, 0.15) is 11.4 Å². The number of ether oxygens (including phenoxy) is 2. The summed E-state index contributed by atoms with van der Waals surface area (Å²) in [6, 6.07) is 7.98. The van der Waals surface area contributed by atoms with Gasteiger partial charge in [0.2, 0.25) is 0 Å². The minimum absolute atomic E-state index is 0.00479. The molecule has 1 aromatic carbocycles. The Hall–Kier alpha value is -2.22. The van der Waals surface area contributed by atoms with Crippen molar-refractivity contribution >= 4 is 11.6 Å². The average Bonchev–Trinajstić information content (AvgIpc) is 2.95. The van der Waals surface area contributed by atoms with Gasteiger partial charge in [-0.15, -0.1) is 0 Å². The van der Waals surface area contributed by atoms with Gasteiger partial charge in [0.15, 0.2) is 0 Å². The predicted octanol–water partition coefficient (Wildman–Crippen LogP) is 1.36. The molecule has 2 aromatic rings. The molecule has 2 fully saturated rings. The molecule has 0 unspecified atom stereocenters. The number of carbonyl (C=O) groups excluding carboxylic acids is 1. The minimum Gasteiger partial charge on any atom is -0.377 e. The van der Waals surface area contributed by atoms with Crippen LogP contribution < -0.4 is 4.90 Å². The number of rotatable bonds is 3. The summed E-state index contributed by atoms with van der Waals surface area (Å²) in [6.45, 7) is 5.99. The fraction of sp³-hybridized carbons (Fsp3) is 0.500. The van der Waals surface area contributed by atoms with E-state index in [1.807, 2.05) is 60.1 Å². The van der Waals surface area contributed by atoms with Crippen LogP contribution in [0.25, 0.3) is 0 Å². The fourth-order valence-electron chi connectivity index (χ4n) is 3.85. The Morgan fingerprint density at radius 2 is 2.11 bits per heavy atom. The highest BCUT2D eigenvalue weighted by molar-refractivity contribution is 5.95. The van der Waals surface area contributed by atoms with E-state index in [2.05, 4.69) is 9.88 Å². The number of anilines is 1. The summed E-state index contributed by atoms with van der Waals surface area (Å²) in [5, 5.41) is 0. The lowest BCUT2D eigenvalue weighted by Crippen LogP contribution is -2.60. The van der Waals surface area contributed by atoms with Crippen molar-refractivity contribution in [1.82, 2.24) is 14.5 Å². The summed E-state index contributed by atoms with van der Waals surface area (Å²) >= 11 is 0. The van der Waals surface area contributed by atoms with Gasteiger partial charge in [0.1, 0.15) is 18.0 Å². The SMILES string of the molecule is Cc1ccccc1N1C[C@]2(COCCN(Cc3nccn3C)C2)OCC1=O. The van der Waals surface area contributed by atoms with Crippen molar-refractivity contribution in [3.8, 4) is 0 Å². The second-order valence-corrected chi connectivity index (χ2v) is 7.46. The first kappa shape index (κ1) is 18.2. The van der Waals surface area contributed by atoms with Crippen LogP contribution in [0, 0.1) is 6.92 Å². The van der Waals surface area contributed by atoms with Crippen LogP contribution in [-0.4, -0.2) is 65.4 Å². The van der Waals surface area contributed by atoms with E-state index >= 15 is 0 Å². The Balaban J connectivity index is 1.56. The molecule has 1 atom stereocenters. The van der Waals surface area contributed by atoms with E-state index in [0.717, 1.165) is 30.2 Å². The highest BCUT2D eigenvalue weighted by atomic mass is 16.6. The van der Waals surface area contributed by atoms with Gasteiger partial charge in [-0.1, -0.05) is 18.2 Å². The number of hydrogen-bond acceptors (Lipinski definition) is 5. The summed E-state index contributed by atoms with van der Waals surface area (Å²) in [7, 11) is 2.00. The van der Waals surface area contributed by atoms with E-state index in [1.54, 1.807) is 0 Å². The number of aromatic nitrogens is 2. The number of imidazole rings is 1. The molecule has 0 saturated carbocycles. The molecule has 1 spiro atoms. The maximum absolute atomic E-state index is 12.6. The Bertz CT molecular complexity index is 821. The van der Waals surface area contributed by atoms with Crippen LogP contribution in [0.4, 0.5) is 5.69 Å². The molecule has 2 aliphatic heterocycles. The normalized spacial score (nSPS) is 24.4. The van der Waals surface area contributed by atoms with Crippen LogP contribution in [0.3, 0.4) is 0 Å². The molecule has 0 aliphatic carbocycles. The van der Waals surface area contributed by atoms with E-state index in [-0.39, 0.29) is 12.5 Å². The maximum Gasteiger partial charge on any atom is 0.253 e. The summed E-state index contributed by atoms with van der Waals surface area (Å²) in [4.78, 5) is 21.2. The van der Waals surface area contributed by atoms with E-state index in [0.29, 0.717) is 26.3 Å². The van der Waals surface area contributed by atoms with Gasteiger partial charge in [-0.3, -0.25) is 9.69 Å². The second kappa shape index (κ2) is 7.42. The predicted molar refractivity (Wildman–Crippen MR) is 102 cm³/mol. The van der Waals surface area contributed by atoms with Crippen molar-refractivity contribution in [2.24, 2.45) is 7.05 Å².